The van der Waals surface area contributed by atoms with E-state index in [0.29, 0.717) is 6.04 Å². The third kappa shape index (κ3) is 4.55. The van der Waals surface area contributed by atoms with Crippen molar-refractivity contribution in [1.82, 2.24) is 10.2 Å². The van der Waals surface area contributed by atoms with Crippen molar-refractivity contribution >= 4 is 0 Å². The molecule has 118 valence electrons. The van der Waals surface area contributed by atoms with Gasteiger partial charge in [-0.05, 0) is 38.2 Å². The zero-order valence-corrected chi connectivity index (χ0v) is 14.2. The predicted octanol–water partition coefficient (Wildman–Crippen LogP) is 3.72. The Morgan fingerprint density at radius 3 is 2.67 bits per heavy atom. The molecule has 1 aliphatic heterocycles. The van der Waals surface area contributed by atoms with Crippen molar-refractivity contribution < 1.29 is 0 Å². The lowest BCUT2D eigenvalue weighted by Crippen LogP contribution is -2.59. The van der Waals surface area contributed by atoms with Crippen LogP contribution in [0.4, 0.5) is 0 Å². The summed E-state index contributed by atoms with van der Waals surface area (Å²) in [5.74, 6) is 0.762. The summed E-state index contributed by atoms with van der Waals surface area (Å²) in [6.45, 7) is 13.0. The molecule has 21 heavy (non-hydrogen) atoms. The van der Waals surface area contributed by atoms with Gasteiger partial charge in [0.15, 0.2) is 0 Å². The monoisotopic (exact) mass is 288 g/mol. The molecule has 1 aromatic carbocycles. The summed E-state index contributed by atoms with van der Waals surface area (Å²) >= 11 is 0. The zero-order chi connectivity index (χ0) is 15.3. The molecule has 1 heterocycles. The van der Waals surface area contributed by atoms with Gasteiger partial charge in [0, 0.05) is 31.2 Å². The van der Waals surface area contributed by atoms with Crippen LogP contribution in [0.25, 0.3) is 0 Å². The van der Waals surface area contributed by atoms with Crippen LogP contribution in [0.2, 0.25) is 0 Å². The fraction of sp³-hybridized carbons (Fsp3) is 0.684. The minimum absolute atomic E-state index is 0.281. The van der Waals surface area contributed by atoms with Crippen LogP contribution in [0.3, 0.4) is 0 Å². The SMILES string of the molecule is CCC(C)C1CN(C(C)(C)CCc2ccccc2)CCN1. The number of hydrogen-bond acceptors (Lipinski definition) is 2. The molecule has 1 fully saturated rings. The van der Waals surface area contributed by atoms with Gasteiger partial charge in [0.2, 0.25) is 0 Å². The van der Waals surface area contributed by atoms with E-state index in [4.69, 9.17) is 0 Å². The van der Waals surface area contributed by atoms with E-state index in [1.54, 1.807) is 0 Å². The Morgan fingerprint density at radius 1 is 1.29 bits per heavy atom. The molecule has 0 aliphatic carbocycles. The normalized spacial score (nSPS) is 22.2. The first kappa shape index (κ1) is 16.5. The average Bonchev–Trinajstić information content (AvgIpc) is 2.53. The fourth-order valence-electron chi connectivity index (χ4n) is 3.25. The van der Waals surface area contributed by atoms with Crippen molar-refractivity contribution in [3.05, 3.63) is 35.9 Å². The summed E-state index contributed by atoms with van der Waals surface area (Å²) < 4.78 is 0. The summed E-state index contributed by atoms with van der Waals surface area (Å²) in [4.78, 5) is 2.70. The van der Waals surface area contributed by atoms with Crippen molar-refractivity contribution in [1.29, 1.82) is 0 Å². The highest BCUT2D eigenvalue weighted by molar-refractivity contribution is 5.15. The van der Waals surface area contributed by atoms with Crippen molar-refractivity contribution in [2.75, 3.05) is 19.6 Å². The highest BCUT2D eigenvalue weighted by atomic mass is 15.2. The molecule has 1 N–H and O–H groups in total. The van der Waals surface area contributed by atoms with Crippen LogP contribution in [0.1, 0.15) is 46.1 Å². The van der Waals surface area contributed by atoms with Crippen molar-refractivity contribution in [3.8, 4) is 0 Å². The van der Waals surface area contributed by atoms with Gasteiger partial charge in [-0.15, -0.1) is 0 Å². The second-order valence-electron chi connectivity index (χ2n) is 7.19. The molecule has 1 aromatic rings. The second-order valence-corrected chi connectivity index (χ2v) is 7.19. The smallest absolute Gasteiger partial charge is 0.0221 e. The lowest BCUT2D eigenvalue weighted by atomic mass is 9.90. The van der Waals surface area contributed by atoms with Gasteiger partial charge in [-0.1, -0.05) is 50.6 Å². The first-order valence-corrected chi connectivity index (χ1v) is 8.55. The quantitative estimate of drug-likeness (QED) is 0.858. The molecule has 2 rings (SSSR count). The zero-order valence-electron chi connectivity index (χ0n) is 14.2. The number of rotatable bonds is 6. The molecule has 2 nitrogen and oxygen atoms in total. The first-order valence-electron chi connectivity index (χ1n) is 8.55. The van der Waals surface area contributed by atoms with E-state index in [9.17, 15) is 0 Å². The van der Waals surface area contributed by atoms with Gasteiger partial charge < -0.3 is 5.32 Å². The highest BCUT2D eigenvalue weighted by Crippen LogP contribution is 2.24. The molecule has 1 aliphatic rings. The largest absolute Gasteiger partial charge is 0.311 e. The lowest BCUT2D eigenvalue weighted by Gasteiger charge is -2.45. The topological polar surface area (TPSA) is 15.3 Å². The maximum Gasteiger partial charge on any atom is 0.0221 e. The van der Waals surface area contributed by atoms with E-state index < -0.39 is 0 Å². The Balaban J connectivity index is 1.92. The van der Waals surface area contributed by atoms with Crippen molar-refractivity contribution in [2.45, 2.75) is 58.5 Å². The highest BCUT2D eigenvalue weighted by Gasteiger charge is 2.32. The number of nitrogens with one attached hydrogen (secondary N) is 1. The third-order valence-corrected chi connectivity index (χ3v) is 5.26. The molecule has 0 radical (unpaired) electrons. The Kier molecular flexibility index (Phi) is 5.83. The number of aryl methyl sites for hydroxylation is 1. The van der Waals surface area contributed by atoms with Gasteiger partial charge in [-0.25, -0.2) is 0 Å². The van der Waals surface area contributed by atoms with Gasteiger partial charge in [0.05, 0.1) is 0 Å². The van der Waals surface area contributed by atoms with Crippen LogP contribution in [-0.4, -0.2) is 36.1 Å². The predicted molar refractivity (Wildman–Crippen MR) is 91.7 cm³/mol. The molecule has 2 atom stereocenters. The van der Waals surface area contributed by atoms with Crippen LogP contribution in [-0.2, 0) is 6.42 Å². The summed E-state index contributed by atoms with van der Waals surface area (Å²) in [6.07, 6.45) is 3.66. The van der Waals surface area contributed by atoms with Crippen LogP contribution < -0.4 is 5.32 Å². The van der Waals surface area contributed by atoms with E-state index in [2.05, 4.69) is 68.2 Å². The molecule has 1 saturated heterocycles. The first-order chi connectivity index (χ1) is 10.0. The molecule has 0 bridgehead atoms. The standard InChI is InChI=1S/C19H32N2/c1-5-16(2)18-15-21(14-13-20-18)19(3,4)12-11-17-9-7-6-8-10-17/h6-10,16,18,20H,5,11-15H2,1-4H3. The molecular weight excluding hydrogens is 256 g/mol. The summed E-state index contributed by atoms with van der Waals surface area (Å²) in [5, 5.41) is 3.70. The van der Waals surface area contributed by atoms with E-state index >= 15 is 0 Å². The van der Waals surface area contributed by atoms with E-state index in [1.807, 2.05) is 0 Å². The maximum absolute atomic E-state index is 3.70. The van der Waals surface area contributed by atoms with Crippen LogP contribution in [0.15, 0.2) is 30.3 Å². The van der Waals surface area contributed by atoms with Crippen LogP contribution in [0.5, 0.6) is 0 Å². The molecular formula is C19H32N2. The lowest BCUT2D eigenvalue weighted by molar-refractivity contribution is 0.0632. The fourth-order valence-corrected chi connectivity index (χ4v) is 3.25. The van der Waals surface area contributed by atoms with Crippen molar-refractivity contribution in [2.24, 2.45) is 5.92 Å². The summed E-state index contributed by atoms with van der Waals surface area (Å²) in [6, 6.07) is 11.5. The van der Waals surface area contributed by atoms with Gasteiger partial charge in [-0.3, -0.25) is 4.90 Å². The van der Waals surface area contributed by atoms with Crippen molar-refractivity contribution in [3.63, 3.8) is 0 Å². The van der Waals surface area contributed by atoms with Crippen LogP contribution in [0, 0.1) is 5.92 Å². The minimum atomic E-state index is 0.281. The number of benzene rings is 1. The number of hydrogen-bond donors (Lipinski definition) is 1. The molecule has 0 saturated carbocycles. The molecule has 0 spiro atoms. The Bertz CT molecular complexity index is 413. The van der Waals surface area contributed by atoms with Gasteiger partial charge >= 0.3 is 0 Å². The summed E-state index contributed by atoms with van der Waals surface area (Å²) in [5.41, 5.74) is 1.74. The molecule has 2 unspecified atom stereocenters. The second kappa shape index (κ2) is 7.42. The van der Waals surface area contributed by atoms with E-state index in [0.717, 1.165) is 12.5 Å². The third-order valence-electron chi connectivity index (χ3n) is 5.26. The van der Waals surface area contributed by atoms with Gasteiger partial charge in [0.1, 0.15) is 0 Å². The van der Waals surface area contributed by atoms with Gasteiger partial charge in [-0.2, -0.15) is 0 Å². The van der Waals surface area contributed by atoms with E-state index in [-0.39, 0.29) is 5.54 Å². The Labute approximate surface area is 130 Å². The number of piperazine rings is 1. The Morgan fingerprint density at radius 2 is 2.00 bits per heavy atom. The maximum atomic E-state index is 3.70. The molecule has 0 aromatic heterocycles. The van der Waals surface area contributed by atoms with Gasteiger partial charge in [0.25, 0.3) is 0 Å². The molecule has 0 amide bonds. The minimum Gasteiger partial charge on any atom is -0.311 e. The summed E-state index contributed by atoms with van der Waals surface area (Å²) in [7, 11) is 0. The molecule has 2 heteroatoms. The number of nitrogens with zero attached hydrogens (tertiary/aromatic N) is 1. The average molecular weight is 288 g/mol. The van der Waals surface area contributed by atoms with Crippen LogP contribution >= 0.6 is 0 Å². The Hall–Kier alpha value is -0.860. The van der Waals surface area contributed by atoms with E-state index in [1.165, 1.54) is 37.9 Å².